The Morgan fingerprint density at radius 2 is 2.38 bits per heavy atom. The molecule has 0 aromatic carbocycles. The first-order chi connectivity index (χ1) is 6.38. The Balaban J connectivity index is 2.20. The molecule has 1 aliphatic rings. The van der Waals surface area contributed by atoms with E-state index >= 15 is 0 Å². The van der Waals surface area contributed by atoms with Crippen LogP contribution >= 0.6 is 0 Å². The van der Waals surface area contributed by atoms with Gasteiger partial charge in [0, 0.05) is 19.3 Å². The van der Waals surface area contributed by atoms with E-state index in [1.165, 1.54) is 0 Å². The molecule has 1 fully saturated rings. The minimum absolute atomic E-state index is 0.0549. The third kappa shape index (κ3) is 1.67. The summed E-state index contributed by atoms with van der Waals surface area (Å²) in [6.45, 7) is 1.69. The largest absolute Gasteiger partial charge is 0.308 e. The van der Waals surface area contributed by atoms with Crippen molar-refractivity contribution in [3.05, 3.63) is 24.5 Å². The van der Waals surface area contributed by atoms with Crippen molar-refractivity contribution in [2.45, 2.75) is 0 Å². The van der Waals surface area contributed by atoms with Crippen molar-refractivity contribution in [2.24, 2.45) is 0 Å². The minimum Gasteiger partial charge on any atom is -0.308 e. The standard InChI is InChI=1S/C9H10N3O/c13-9-7-11-4-5-12(9)8-2-1-3-10-6-8/h1-3,6H,4-5,7H2. The smallest absolute Gasteiger partial charge is 0.242 e. The first kappa shape index (κ1) is 8.19. The van der Waals surface area contributed by atoms with Gasteiger partial charge in [-0.3, -0.25) is 9.78 Å². The van der Waals surface area contributed by atoms with Crippen molar-refractivity contribution in [1.29, 1.82) is 0 Å². The molecule has 2 heterocycles. The van der Waals surface area contributed by atoms with Crippen molar-refractivity contribution < 1.29 is 4.79 Å². The summed E-state index contributed by atoms with van der Waals surface area (Å²) < 4.78 is 0. The molecule has 0 bridgehead atoms. The number of aromatic nitrogens is 1. The van der Waals surface area contributed by atoms with E-state index in [1.54, 1.807) is 17.3 Å². The molecular weight excluding hydrogens is 166 g/mol. The number of pyridine rings is 1. The summed E-state index contributed by atoms with van der Waals surface area (Å²) in [4.78, 5) is 17.1. The van der Waals surface area contributed by atoms with Gasteiger partial charge in [0.05, 0.1) is 18.4 Å². The average Bonchev–Trinajstić information content (AvgIpc) is 2.20. The lowest BCUT2D eigenvalue weighted by Gasteiger charge is -2.25. The van der Waals surface area contributed by atoms with E-state index < -0.39 is 0 Å². The Labute approximate surface area is 76.6 Å². The van der Waals surface area contributed by atoms with E-state index in [2.05, 4.69) is 10.3 Å². The maximum Gasteiger partial charge on any atom is 0.242 e. The zero-order valence-electron chi connectivity index (χ0n) is 7.18. The lowest BCUT2D eigenvalue weighted by molar-refractivity contribution is -0.118. The number of carbonyl (C=O) groups is 1. The summed E-state index contributed by atoms with van der Waals surface area (Å²) in [7, 11) is 0. The van der Waals surface area contributed by atoms with Gasteiger partial charge in [-0.05, 0) is 12.1 Å². The highest BCUT2D eigenvalue weighted by Crippen LogP contribution is 2.12. The summed E-state index contributed by atoms with van der Waals surface area (Å²) >= 11 is 0. The lowest BCUT2D eigenvalue weighted by Crippen LogP contribution is -2.45. The normalized spacial score (nSPS) is 17.5. The molecule has 4 heteroatoms. The van der Waals surface area contributed by atoms with Crippen LogP contribution in [0.15, 0.2) is 24.5 Å². The summed E-state index contributed by atoms with van der Waals surface area (Å²) in [6.07, 6.45) is 3.39. The zero-order chi connectivity index (χ0) is 9.10. The van der Waals surface area contributed by atoms with Gasteiger partial charge in [-0.25, -0.2) is 5.32 Å². The van der Waals surface area contributed by atoms with E-state index in [0.29, 0.717) is 13.1 Å². The molecule has 1 radical (unpaired) electrons. The molecule has 1 amide bonds. The Morgan fingerprint density at radius 3 is 3.08 bits per heavy atom. The predicted octanol–water partition coefficient (Wildman–Crippen LogP) is 0.0326. The summed E-state index contributed by atoms with van der Waals surface area (Å²) in [5.41, 5.74) is 0.863. The molecule has 4 nitrogen and oxygen atoms in total. The van der Waals surface area contributed by atoms with Gasteiger partial charge in [-0.2, -0.15) is 0 Å². The minimum atomic E-state index is 0.0549. The molecule has 0 unspecified atom stereocenters. The van der Waals surface area contributed by atoms with Gasteiger partial charge >= 0.3 is 0 Å². The van der Waals surface area contributed by atoms with E-state index in [9.17, 15) is 4.79 Å². The molecule has 1 aromatic heterocycles. The summed E-state index contributed by atoms with van der Waals surface area (Å²) in [6, 6.07) is 3.71. The molecule has 0 atom stereocenters. The molecule has 0 saturated carbocycles. The number of rotatable bonds is 1. The maximum absolute atomic E-state index is 11.4. The van der Waals surface area contributed by atoms with E-state index in [4.69, 9.17) is 0 Å². The Morgan fingerprint density at radius 1 is 1.46 bits per heavy atom. The maximum atomic E-state index is 11.4. The molecule has 1 aliphatic heterocycles. The number of hydrogen-bond acceptors (Lipinski definition) is 2. The van der Waals surface area contributed by atoms with Crippen LogP contribution in [0.2, 0.25) is 0 Å². The number of anilines is 1. The molecule has 0 aliphatic carbocycles. The summed E-state index contributed by atoms with van der Waals surface area (Å²) in [5, 5.41) is 4.02. The van der Waals surface area contributed by atoms with Gasteiger partial charge in [-0.15, -0.1) is 0 Å². The molecule has 0 spiro atoms. The molecule has 0 N–H and O–H groups in total. The van der Waals surface area contributed by atoms with Gasteiger partial charge < -0.3 is 4.90 Å². The van der Waals surface area contributed by atoms with Gasteiger partial charge in [0.1, 0.15) is 0 Å². The second-order valence-corrected chi connectivity index (χ2v) is 2.86. The number of nitrogens with zero attached hydrogens (tertiary/aromatic N) is 3. The van der Waals surface area contributed by atoms with Crippen molar-refractivity contribution in [3.63, 3.8) is 0 Å². The predicted molar refractivity (Wildman–Crippen MR) is 48.5 cm³/mol. The first-order valence-corrected chi connectivity index (χ1v) is 4.21. The van der Waals surface area contributed by atoms with Crippen LogP contribution in [0.4, 0.5) is 5.69 Å². The molecular formula is C9H10N3O. The topological polar surface area (TPSA) is 47.3 Å². The Bertz CT molecular complexity index is 299. The van der Waals surface area contributed by atoms with Crippen LogP contribution in [0.25, 0.3) is 0 Å². The van der Waals surface area contributed by atoms with Crippen LogP contribution in [0.1, 0.15) is 0 Å². The van der Waals surface area contributed by atoms with Crippen molar-refractivity contribution in [3.8, 4) is 0 Å². The molecule has 1 saturated heterocycles. The second-order valence-electron chi connectivity index (χ2n) is 2.86. The van der Waals surface area contributed by atoms with E-state index in [1.807, 2.05) is 12.1 Å². The van der Waals surface area contributed by atoms with Crippen LogP contribution in [-0.4, -0.2) is 30.5 Å². The van der Waals surface area contributed by atoms with Crippen LogP contribution in [0.5, 0.6) is 0 Å². The second kappa shape index (κ2) is 3.53. The molecule has 1 aromatic rings. The third-order valence-corrected chi connectivity index (χ3v) is 1.99. The van der Waals surface area contributed by atoms with Crippen LogP contribution in [0.3, 0.4) is 0 Å². The molecule has 2 rings (SSSR count). The third-order valence-electron chi connectivity index (χ3n) is 1.99. The fraction of sp³-hybridized carbons (Fsp3) is 0.333. The Kier molecular flexibility index (Phi) is 2.23. The molecule has 67 valence electrons. The van der Waals surface area contributed by atoms with Gasteiger partial charge in [0.25, 0.3) is 0 Å². The van der Waals surface area contributed by atoms with Gasteiger partial charge in [0.2, 0.25) is 5.91 Å². The zero-order valence-corrected chi connectivity index (χ0v) is 7.18. The highest BCUT2D eigenvalue weighted by molar-refractivity contribution is 5.95. The fourth-order valence-corrected chi connectivity index (χ4v) is 1.34. The van der Waals surface area contributed by atoms with Crippen LogP contribution in [-0.2, 0) is 4.79 Å². The van der Waals surface area contributed by atoms with E-state index in [-0.39, 0.29) is 5.91 Å². The first-order valence-electron chi connectivity index (χ1n) is 4.21. The van der Waals surface area contributed by atoms with Crippen molar-refractivity contribution in [2.75, 3.05) is 24.5 Å². The highest BCUT2D eigenvalue weighted by Gasteiger charge is 2.19. The van der Waals surface area contributed by atoms with Gasteiger partial charge in [-0.1, -0.05) is 0 Å². The number of piperazine rings is 1. The number of carbonyl (C=O) groups excluding carboxylic acids is 1. The SMILES string of the molecule is O=C1C[N]CCN1c1cccnc1. The fourth-order valence-electron chi connectivity index (χ4n) is 1.34. The lowest BCUT2D eigenvalue weighted by atomic mass is 10.3. The van der Waals surface area contributed by atoms with Crippen LogP contribution in [0, 0.1) is 0 Å². The van der Waals surface area contributed by atoms with E-state index in [0.717, 1.165) is 12.2 Å². The highest BCUT2D eigenvalue weighted by atomic mass is 16.2. The monoisotopic (exact) mass is 176 g/mol. The van der Waals surface area contributed by atoms with Crippen LogP contribution < -0.4 is 10.2 Å². The Hall–Kier alpha value is -1.42. The van der Waals surface area contributed by atoms with Crippen molar-refractivity contribution >= 4 is 11.6 Å². The summed E-state index contributed by atoms with van der Waals surface area (Å²) in [5.74, 6) is 0.0549. The van der Waals surface area contributed by atoms with Crippen molar-refractivity contribution in [1.82, 2.24) is 10.3 Å². The number of amides is 1. The van der Waals surface area contributed by atoms with Gasteiger partial charge in [0.15, 0.2) is 0 Å². The number of hydrogen-bond donors (Lipinski definition) is 0. The quantitative estimate of drug-likeness (QED) is 0.606. The molecule has 13 heavy (non-hydrogen) atoms. The average molecular weight is 176 g/mol.